The van der Waals surface area contributed by atoms with Crippen LogP contribution >= 0.6 is 11.8 Å². The first kappa shape index (κ1) is 20.3. The van der Waals surface area contributed by atoms with Crippen LogP contribution in [0, 0.1) is 15.9 Å². The monoisotopic (exact) mass is 418 g/mol. The maximum atomic E-state index is 13.0. The van der Waals surface area contributed by atoms with Crippen molar-refractivity contribution in [2.75, 3.05) is 6.61 Å². The Hall–Kier alpha value is -3.40. The summed E-state index contributed by atoms with van der Waals surface area (Å²) < 4.78 is 18.2. The molecule has 0 unspecified atom stereocenters. The Balaban J connectivity index is 1.90. The van der Waals surface area contributed by atoms with E-state index >= 15 is 0 Å². The van der Waals surface area contributed by atoms with Gasteiger partial charge in [0.15, 0.2) is 5.75 Å². The van der Waals surface area contributed by atoms with Crippen LogP contribution in [0.25, 0.3) is 6.08 Å². The molecule has 0 atom stereocenters. The molecular formula is C19H15FN2O6S. The molecule has 3 rings (SSSR count). The summed E-state index contributed by atoms with van der Waals surface area (Å²) in [6.07, 6.45) is 1.32. The number of imide groups is 1. The Morgan fingerprint density at radius 2 is 1.97 bits per heavy atom. The fourth-order valence-electron chi connectivity index (χ4n) is 2.66. The number of hydrogen-bond donors (Lipinski definition) is 1. The van der Waals surface area contributed by atoms with Crippen LogP contribution in [0.5, 0.6) is 11.5 Å². The molecule has 1 heterocycles. The van der Waals surface area contributed by atoms with Gasteiger partial charge in [-0.2, -0.15) is 0 Å². The standard InChI is InChI=1S/C19H15FN2O6S/c1-2-28-15-8-12(7-14(17(15)23)22(26)27)9-16-18(24)21(19(25)29-16)10-11-3-5-13(20)6-4-11/h3-9,23H,2,10H2,1H3/b16-9-. The summed E-state index contributed by atoms with van der Waals surface area (Å²) in [5.41, 5.74) is 0.229. The number of benzene rings is 2. The highest BCUT2D eigenvalue weighted by Crippen LogP contribution is 2.39. The number of nitrogens with zero attached hydrogens (tertiary/aromatic N) is 2. The number of phenols is 1. The first-order chi connectivity index (χ1) is 13.8. The average molecular weight is 418 g/mol. The first-order valence-corrected chi connectivity index (χ1v) is 9.25. The molecule has 0 aliphatic carbocycles. The molecule has 10 heteroatoms. The summed E-state index contributed by atoms with van der Waals surface area (Å²) >= 11 is 0.688. The predicted molar refractivity (Wildman–Crippen MR) is 104 cm³/mol. The van der Waals surface area contributed by atoms with Crippen LogP contribution in [0.3, 0.4) is 0 Å². The van der Waals surface area contributed by atoms with Crippen LogP contribution in [0.4, 0.5) is 14.9 Å². The van der Waals surface area contributed by atoms with Gasteiger partial charge in [0.2, 0.25) is 5.75 Å². The number of aromatic hydroxyl groups is 1. The Bertz CT molecular complexity index is 1020. The zero-order valence-electron chi connectivity index (χ0n) is 15.1. The number of carbonyl (C=O) groups is 2. The Labute approximate surface area is 168 Å². The van der Waals surface area contributed by atoms with Crippen molar-refractivity contribution in [3.63, 3.8) is 0 Å². The molecule has 2 amide bonds. The molecule has 1 N–H and O–H groups in total. The van der Waals surface area contributed by atoms with Crippen molar-refractivity contribution in [3.05, 3.63) is 68.4 Å². The van der Waals surface area contributed by atoms with Crippen molar-refractivity contribution in [2.24, 2.45) is 0 Å². The number of amides is 2. The van der Waals surface area contributed by atoms with Crippen LogP contribution in [0.15, 0.2) is 41.3 Å². The summed E-state index contributed by atoms with van der Waals surface area (Å²) in [4.78, 5) is 36.3. The molecule has 1 aliphatic rings. The van der Waals surface area contributed by atoms with E-state index in [1.807, 2.05) is 0 Å². The molecule has 2 aromatic carbocycles. The smallest absolute Gasteiger partial charge is 0.315 e. The van der Waals surface area contributed by atoms with Crippen molar-refractivity contribution in [2.45, 2.75) is 13.5 Å². The second kappa shape index (κ2) is 8.31. The topological polar surface area (TPSA) is 110 Å². The number of nitro groups is 1. The van der Waals surface area contributed by atoms with Gasteiger partial charge in [-0.15, -0.1) is 0 Å². The Morgan fingerprint density at radius 1 is 1.28 bits per heavy atom. The van der Waals surface area contributed by atoms with E-state index in [4.69, 9.17) is 4.74 Å². The third-order valence-electron chi connectivity index (χ3n) is 4.00. The van der Waals surface area contributed by atoms with E-state index < -0.39 is 33.3 Å². The average Bonchev–Trinajstić information content (AvgIpc) is 2.93. The van der Waals surface area contributed by atoms with Crippen LogP contribution in [0.1, 0.15) is 18.1 Å². The molecule has 0 bridgehead atoms. The highest BCUT2D eigenvalue weighted by Gasteiger charge is 2.35. The van der Waals surface area contributed by atoms with Gasteiger partial charge >= 0.3 is 5.69 Å². The number of carbonyl (C=O) groups excluding carboxylic acids is 2. The fraction of sp³-hybridized carbons (Fsp3) is 0.158. The summed E-state index contributed by atoms with van der Waals surface area (Å²) in [5, 5.41) is 20.6. The SMILES string of the molecule is CCOc1cc(/C=C2\SC(=O)N(Cc3ccc(F)cc3)C2=O)cc([N+](=O)[O-])c1O. The van der Waals surface area contributed by atoms with Crippen LogP contribution in [-0.2, 0) is 11.3 Å². The van der Waals surface area contributed by atoms with Gasteiger partial charge in [0, 0.05) is 6.07 Å². The first-order valence-electron chi connectivity index (χ1n) is 8.44. The lowest BCUT2D eigenvalue weighted by Crippen LogP contribution is -2.27. The van der Waals surface area contributed by atoms with Gasteiger partial charge in [0.05, 0.1) is 23.0 Å². The second-order valence-corrected chi connectivity index (χ2v) is 6.96. The van der Waals surface area contributed by atoms with Crippen molar-refractivity contribution in [1.29, 1.82) is 0 Å². The molecule has 0 aromatic heterocycles. The van der Waals surface area contributed by atoms with E-state index in [9.17, 15) is 29.2 Å². The van der Waals surface area contributed by atoms with Crippen LogP contribution < -0.4 is 4.74 Å². The maximum absolute atomic E-state index is 13.0. The number of halogens is 1. The molecule has 0 saturated carbocycles. The van der Waals surface area contributed by atoms with E-state index in [0.29, 0.717) is 17.3 Å². The van der Waals surface area contributed by atoms with E-state index in [1.165, 1.54) is 36.4 Å². The molecule has 29 heavy (non-hydrogen) atoms. The van der Waals surface area contributed by atoms with Gasteiger partial charge < -0.3 is 9.84 Å². The molecule has 1 aliphatic heterocycles. The number of nitro benzene ring substituents is 1. The Kier molecular flexibility index (Phi) is 5.83. The van der Waals surface area contributed by atoms with Crippen molar-refractivity contribution in [1.82, 2.24) is 4.90 Å². The lowest BCUT2D eigenvalue weighted by Gasteiger charge is -2.12. The lowest BCUT2D eigenvalue weighted by atomic mass is 10.1. The van der Waals surface area contributed by atoms with Gasteiger partial charge in [-0.1, -0.05) is 12.1 Å². The van der Waals surface area contributed by atoms with Crippen LogP contribution in [0.2, 0.25) is 0 Å². The van der Waals surface area contributed by atoms with Crippen LogP contribution in [-0.4, -0.2) is 32.7 Å². The van der Waals surface area contributed by atoms with E-state index in [-0.39, 0.29) is 29.4 Å². The minimum atomic E-state index is -0.768. The summed E-state index contributed by atoms with van der Waals surface area (Å²) in [5.74, 6) is -1.71. The van der Waals surface area contributed by atoms with Crippen molar-refractivity contribution < 1.29 is 28.7 Å². The quantitative estimate of drug-likeness (QED) is 0.428. The van der Waals surface area contributed by atoms with E-state index in [2.05, 4.69) is 0 Å². The van der Waals surface area contributed by atoms with E-state index in [1.54, 1.807) is 6.92 Å². The van der Waals surface area contributed by atoms with Gasteiger partial charge in [-0.05, 0) is 54.1 Å². The van der Waals surface area contributed by atoms with E-state index in [0.717, 1.165) is 11.0 Å². The van der Waals surface area contributed by atoms with Gasteiger partial charge in [-0.25, -0.2) is 4.39 Å². The van der Waals surface area contributed by atoms with Gasteiger partial charge in [0.1, 0.15) is 5.82 Å². The molecule has 1 saturated heterocycles. The third kappa shape index (κ3) is 4.37. The molecular weight excluding hydrogens is 403 g/mol. The Morgan fingerprint density at radius 3 is 2.59 bits per heavy atom. The van der Waals surface area contributed by atoms with Crippen molar-refractivity contribution in [3.8, 4) is 11.5 Å². The predicted octanol–water partition coefficient (Wildman–Crippen LogP) is 4.07. The highest BCUT2D eigenvalue weighted by molar-refractivity contribution is 8.18. The normalized spacial score (nSPS) is 15.2. The molecule has 1 fully saturated rings. The zero-order chi connectivity index (χ0) is 21.1. The molecule has 2 aromatic rings. The van der Waals surface area contributed by atoms with Gasteiger partial charge in [0.25, 0.3) is 11.1 Å². The number of ether oxygens (including phenoxy) is 1. The molecule has 0 radical (unpaired) electrons. The lowest BCUT2D eigenvalue weighted by molar-refractivity contribution is -0.386. The van der Waals surface area contributed by atoms with Crippen molar-refractivity contribution >= 4 is 34.7 Å². The maximum Gasteiger partial charge on any atom is 0.315 e. The summed E-state index contributed by atoms with van der Waals surface area (Å²) in [6, 6.07) is 7.84. The summed E-state index contributed by atoms with van der Waals surface area (Å²) in [6.45, 7) is 1.79. The second-order valence-electron chi connectivity index (χ2n) is 5.97. The molecule has 150 valence electrons. The number of hydrogen-bond acceptors (Lipinski definition) is 7. The van der Waals surface area contributed by atoms with Gasteiger partial charge in [-0.3, -0.25) is 24.6 Å². The largest absolute Gasteiger partial charge is 0.500 e. The summed E-state index contributed by atoms with van der Waals surface area (Å²) in [7, 11) is 0. The minimum Gasteiger partial charge on any atom is -0.500 e. The molecule has 0 spiro atoms. The fourth-order valence-corrected chi connectivity index (χ4v) is 3.50. The number of thioether (sulfide) groups is 1. The minimum absolute atomic E-state index is 0.0256. The number of rotatable bonds is 6. The molecule has 8 nitrogen and oxygen atoms in total. The number of phenolic OH excluding ortho intramolecular Hbond substituents is 1. The third-order valence-corrected chi connectivity index (χ3v) is 4.91. The highest BCUT2D eigenvalue weighted by atomic mass is 32.2. The zero-order valence-corrected chi connectivity index (χ0v) is 15.9.